The lowest BCUT2D eigenvalue weighted by molar-refractivity contribution is 0.364. The van der Waals surface area contributed by atoms with Crippen LogP contribution in [0.4, 0.5) is 0 Å². The Morgan fingerprint density at radius 2 is 1.52 bits per heavy atom. The molecule has 0 heterocycles. The first-order valence-electron chi connectivity index (χ1n) is 9.48. The largest absolute Gasteiger partial charge is 0.346 e. The molecule has 0 aliphatic carbocycles. The quantitative estimate of drug-likeness (QED) is 0.277. The highest BCUT2D eigenvalue weighted by Crippen LogP contribution is 2.45. The molecule has 0 amide bonds. The van der Waals surface area contributed by atoms with Crippen LogP contribution >= 0.6 is 7.60 Å². The second-order valence-electron chi connectivity index (χ2n) is 6.97. The van der Waals surface area contributed by atoms with E-state index in [-0.39, 0.29) is 0 Å². The molecule has 0 aliphatic rings. The van der Waals surface area contributed by atoms with Crippen molar-refractivity contribution in [2.45, 2.75) is 44.0 Å². The SMILES string of the molecule is CCCCCc1ccc(-c2ccc(/C=C/CC(P(=O)(O)O)S(=O)(=O)O)cc2)cc1. The van der Waals surface area contributed by atoms with E-state index in [1.54, 1.807) is 6.08 Å². The zero-order valence-corrected chi connectivity index (χ0v) is 18.0. The Morgan fingerprint density at radius 1 is 0.966 bits per heavy atom. The number of allylic oxidation sites excluding steroid dienone is 1. The fourth-order valence-electron chi connectivity index (χ4n) is 2.98. The Kier molecular flexibility index (Phi) is 8.37. The van der Waals surface area contributed by atoms with Crippen LogP contribution in [0.1, 0.15) is 43.7 Å². The van der Waals surface area contributed by atoms with Crippen molar-refractivity contribution < 1.29 is 27.3 Å². The van der Waals surface area contributed by atoms with Gasteiger partial charge in [-0.2, -0.15) is 8.42 Å². The molecule has 2 aromatic carbocycles. The van der Waals surface area contributed by atoms with Crippen molar-refractivity contribution in [2.75, 3.05) is 0 Å². The number of benzene rings is 2. The van der Waals surface area contributed by atoms with Crippen molar-refractivity contribution in [3.63, 3.8) is 0 Å². The molecule has 2 rings (SSSR count). The van der Waals surface area contributed by atoms with Crippen molar-refractivity contribution in [3.05, 3.63) is 65.7 Å². The highest BCUT2D eigenvalue weighted by atomic mass is 32.2. The number of aryl methyl sites for hydroxylation is 1. The molecule has 3 N–H and O–H groups in total. The van der Waals surface area contributed by atoms with Gasteiger partial charge in [0.1, 0.15) is 0 Å². The van der Waals surface area contributed by atoms with Crippen LogP contribution in [-0.4, -0.2) is 27.7 Å². The van der Waals surface area contributed by atoms with Crippen molar-refractivity contribution in [1.82, 2.24) is 0 Å². The summed E-state index contributed by atoms with van der Waals surface area (Å²) < 4.78 is 42.5. The van der Waals surface area contributed by atoms with E-state index in [0.717, 1.165) is 23.1 Å². The minimum Gasteiger partial charge on any atom is -0.323 e. The molecular formula is C21H27O6PS. The van der Waals surface area contributed by atoms with Crippen LogP contribution in [0.15, 0.2) is 54.6 Å². The summed E-state index contributed by atoms with van der Waals surface area (Å²) in [6, 6.07) is 16.0. The minimum atomic E-state index is -4.97. The van der Waals surface area contributed by atoms with E-state index < -0.39 is 29.1 Å². The van der Waals surface area contributed by atoms with Gasteiger partial charge in [0.25, 0.3) is 10.1 Å². The summed E-state index contributed by atoms with van der Waals surface area (Å²) in [6.07, 6.45) is 7.12. The molecule has 0 radical (unpaired) electrons. The molecule has 0 bridgehead atoms. The van der Waals surface area contributed by atoms with E-state index in [0.29, 0.717) is 0 Å². The number of rotatable bonds is 10. The van der Waals surface area contributed by atoms with Gasteiger partial charge in [0.15, 0.2) is 4.99 Å². The molecule has 29 heavy (non-hydrogen) atoms. The summed E-state index contributed by atoms with van der Waals surface area (Å²) in [4.78, 5) is 16.0. The van der Waals surface area contributed by atoms with Crippen molar-refractivity contribution in [3.8, 4) is 11.1 Å². The van der Waals surface area contributed by atoms with E-state index in [1.165, 1.54) is 30.9 Å². The van der Waals surface area contributed by atoms with Crippen LogP contribution in [0.2, 0.25) is 0 Å². The summed E-state index contributed by atoms with van der Waals surface area (Å²) in [6.45, 7) is 2.19. The topological polar surface area (TPSA) is 112 Å². The Morgan fingerprint density at radius 3 is 2.00 bits per heavy atom. The summed E-state index contributed by atoms with van der Waals surface area (Å²) in [5.74, 6) is 0. The highest BCUT2D eigenvalue weighted by Gasteiger charge is 2.38. The van der Waals surface area contributed by atoms with Gasteiger partial charge in [0.05, 0.1) is 0 Å². The van der Waals surface area contributed by atoms with Crippen LogP contribution in [0.25, 0.3) is 17.2 Å². The molecule has 0 aromatic heterocycles. The lowest BCUT2D eigenvalue weighted by Gasteiger charge is -2.13. The molecular weight excluding hydrogens is 411 g/mol. The van der Waals surface area contributed by atoms with Crippen LogP contribution in [0.5, 0.6) is 0 Å². The normalized spacial score (nSPS) is 13.7. The molecule has 0 saturated heterocycles. The maximum Gasteiger partial charge on any atom is 0.346 e. The maximum atomic E-state index is 11.2. The van der Waals surface area contributed by atoms with Gasteiger partial charge in [0.2, 0.25) is 0 Å². The van der Waals surface area contributed by atoms with Crippen molar-refractivity contribution >= 4 is 23.8 Å². The van der Waals surface area contributed by atoms with E-state index >= 15 is 0 Å². The Hall–Kier alpha value is -1.76. The Balaban J connectivity index is 2.03. The van der Waals surface area contributed by atoms with E-state index in [4.69, 9.17) is 14.3 Å². The predicted octanol–water partition coefficient (Wildman–Crippen LogP) is 4.88. The Bertz CT molecular complexity index is 959. The van der Waals surface area contributed by atoms with Crippen molar-refractivity contribution in [1.29, 1.82) is 0 Å². The fourth-order valence-corrected chi connectivity index (χ4v) is 5.12. The smallest absolute Gasteiger partial charge is 0.323 e. The molecule has 0 fully saturated rings. The third-order valence-corrected chi connectivity index (χ3v) is 8.10. The van der Waals surface area contributed by atoms with Crippen LogP contribution in [0, 0.1) is 0 Å². The average molecular weight is 438 g/mol. The molecule has 158 valence electrons. The second kappa shape index (κ2) is 10.3. The van der Waals surface area contributed by atoms with Crippen LogP contribution in [0.3, 0.4) is 0 Å². The van der Waals surface area contributed by atoms with Gasteiger partial charge >= 0.3 is 7.60 Å². The van der Waals surface area contributed by atoms with Crippen LogP contribution in [-0.2, 0) is 21.1 Å². The van der Waals surface area contributed by atoms with Crippen molar-refractivity contribution in [2.24, 2.45) is 0 Å². The summed E-state index contributed by atoms with van der Waals surface area (Å²) in [5, 5.41) is 0. The fraction of sp³-hybridized carbons (Fsp3) is 0.333. The number of unbranched alkanes of at least 4 members (excludes halogenated alkanes) is 2. The third-order valence-electron chi connectivity index (χ3n) is 4.63. The summed E-state index contributed by atoms with van der Waals surface area (Å²) in [7, 11) is -9.81. The number of hydrogen-bond donors (Lipinski definition) is 3. The van der Waals surface area contributed by atoms with Gasteiger partial charge in [-0.25, -0.2) is 0 Å². The van der Waals surface area contributed by atoms with E-state index in [2.05, 4.69) is 31.2 Å². The molecule has 2 aromatic rings. The highest BCUT2D eigenvalue weighted by molar-refractivity contribution is 7.93. The van der Waals surface area contributed by atoms with E-state index in [9.17, 15) is 13.0 Å². The molecule has 0 aliphatic heterocycles. The lowest BCUT2D eigenvalue weighted by atomic mass is 10.0. The average Bonchev–Trinajstić information content (AvgIpc) is 2.64. The zero-order valence-electron chi connectivity index (χ0n) is 16.3. The molecule has 1 atom stereocenters. The number of hydrogen-bond acceptors (Lipinski definition) is 3. The summed E-state index contributed by atoms with van der Waals surface area (Å²) in [5.41, 5.74) is 4.20. The minimum absolute atomic E-state index is 0.482. The Labute approximate surface area is 172 Å². The molecule has 0 saturated carbocycles. The molecule has 6 nitrogen and oxygen atoms in total. The maximum absolute atomic E-state index is 11.2. The monoisotopic (exact) mass is 438 g/mol. The zero-order chi connectivity index (χ0) is 21.5. The molecule has 1 unspecified atom stereocenters. The van der Waals surface area contributed by atoms with Gasteiger partial charge in [-0.05, 0) is 41.5 Å². The van der Waals surface area contributed by atoms with E-state index in [1.807, 2.05) is 24.3 Å². The second-order valence-corrected chi connectivity index (χ2v) is 10.7. The molecule has 0 spiro atoms. The first-order valence-corrected chi connectivity index (χ1v) is 12.7. The first kappa shape index (κ1) is 23.5. The standard InChI is InChI=1S/C21H27O6PS/c1-2-3-4-6-17-9-13-19(14-10-17)20-15-11-18(12-16-20)7-5-8-21(28(22,23)24)29(25,26)27/h5,7,9-16,21H,2-4,6,8H2,1H3,(H2,22,23,24)(H,25,26,27)/b7-5+. The van der Waals surface area contributed by atoms with Gasteiger partial charge in [-0.15, -0.1) is 0 Å². The van der Waals surface area contributed by atoms with Gasteiger partial charge in [0, 0.05) is 0 Å². The first-order chi connectivity index (χ1) is 13.6. The van der Waals surface area contributed by atoms with Gasteiger partial charge in [-0.1, -0.05) is 80.4 Å². The molecule has 8 heteroatoms. The van der Waals surface area contributed by atoms with Gasteiger partial charge < -0.3 is 9.79 Å². The third kappa shape index (κ3) is 7.53. The summed E-state index contributed by atoms with van der Waals surface area (Å²) >= 11 is 0. The van der Waals surface area contributed by atoms with Crippen LogP contribution < -0.4 is 0 Å². The lowest BCUT2D eigenvalue weighted by Crippen LogP contribution is -2.19. The van der Waals surface area contributed by atoms with Gasteiger partial charge in [-0.3, -0.25) is 9.12 Å². The predicted molar refractivity (Wildman–Crippen MR) is 116 cm³/mol.